The molecule has 1 saturated heterocycles. The number of piperidine rings is 1. The normalized spacial score (nSPS) is 19.7. The van der Waals surface area contributed by atoms with Crippen LogP contribution in [0.25, 0.3) is 0 Å². The molecule has 2 heterocycles. The highest BCUT2D eigenvalue weighted by atomic mass is 19.1. The van der Waals surface area contributed by atoms with Crippen LogP contribution in [0.2, 0.25) is 0 Å². The van der Waals surface area contributed by atoms with E-state index in [4.69, 9.17) is 0 Å². The van der Waals surface area contributed by atoms with Gasteiger partial charge in [0.15, 0.2) is 0 Å². The maximum absolute atomic E-state index is 13.8. The molecule has 0 saturated carbocycles. The van der Waals surface area contributed by atoms with Crippen molar-refractivity contribution in [2.45, 2.75) is 31.7 Å². The van der Waals surface area contributed by atoms with E-state index in [0.29, 0.717) is 31.0 Å². The average molecular weight is 366 g/mol. The monoisotopic (exact) mass is 366 g/mol. The lowest BCUT2D eigenvalue weighted by Crippen LogP contribution is -2.40. The lowest BCUT2D eigenvalue weighted by Gasteiger charge is -2.33. The van der Waals surface area contributed by atoms with E-state index in [1.165, 1.54) is 6.07 Å². The molecular formula is C22H23FN2O2. The third-order valence-corrected chi connectivity index (χ3v) is 5.70. The number of carbonyl (C=O) groups is 2. The number of likely N-dealkylation sites (tertiary alicyclic amines) is 1. The van der Waals surface area contributed by atoms with Gasteiger partial charge in [-0.05, 0) is 48.4 Å². The van der Waals surface area contributed by atoms with Gasteiger partial charge in [-0.25, -0.2) is 4.39 Å². The zero-order chi connectivity index (χ0) is 18.8. The molecular weight excluding hydrogens is 343 g/mol. The summed E-state index contributed by atoms with van der Waals surface area (Å²) in [5.74, 6) is 0.220. The third-order valence-electron chi connectivity index (χ3n) is 5.70. The van der Waals surface area contributed by atoms with Gasteiger partial charge in [0.05, 0.1) is 12.5 Å². The van der Waals surface area contributed by atoms with Gasteiger partial charge in [0, 0.05) is 18.7 Å². The summed E-state index contributed by atoms with van der Waals surface area (Å²) >= 11 is 0. The summed E-state index contributed by atoms with van der Waals surface area (Å²) in [6, 6.07) is 14.1. The van der Waals surface area contributed by atoms with Crippen LogP contribution in [0.3, 0.4) is 0 Å². The molecule has 0 bridgehead atoms. The molecule has 5 heteroatoms. The first-order valence-corrected chi connectivity index (χ1v) is 9.53. The van der Waals surface area contributed by atoms with Crippen LogP contribution in [0.1, 0.15) is 46.8 Å². The van der Waals surface area contributed by atoms with Crippen molar-refractivity contribution in [2.75, 3.05) is 13.1 Å². The van der Waals surface area contributed by atoms with Gasteiger partial charge in [-0.3, -0.25) is 9.59 Å². The van der Waals surface area contributed by atoms with Crippen molar-refractivity contribution in [1.29, 1.82) is 0 Å². The van der Waals surface area contributed by atoms with Crippen molar-refractivity contribution in [1.82, 2.24) is 10.2 Å². The Morgan fingerprint density at radius 2 is 1.78 bits per heavy atom. The second-order valence-electron chi connectivity index (χ2n) is 7.44. The van der Waals surface area contributed by atoms with Crippen molar-refractivity contribution in [3.05, 3.63) is 71.0 Å². The van der Waals surface area contributed by atoms with Crippen molar-refractivity contribution in [2.24, 2.45) is 5.92 Å². The summed E-state index contributed by atoms with van der Waals surface area (Å²) in [6.45, 7) is 1.39. The SMILES string of the molecule is O=C1N[C@H](CC(=O)N2CCC(Cc3ccccc3F)CC2)c2ccccc21. The molecule has 1 atom stereocenters. The Hall–Kier alpha value is -2.69. The van der Waals surface area contributed by atoms with Gasteiger partial charge < -0.3 is 10.2 Å². The number of nitrogens with one attached hydrogen (secondary N) is 1. The number of carbonyl (C=O) groups excluding carboxylic acids is 2. The first-order chi connectivity index (χ1) is 13.1. The Morgan fingerprint density at radius 3 is 2.56 bits per heavy atom. The van der Waals surface area contributed by atoms with Gasteiger partial charge in [0.1, 0.15) is 5.82 Å². The highest BCUT2D eigenvalue weighted by Crippen LogP contribution is 2.29. The molecule has 0 spiro atoms. The molecule has 0 radical (unpaired) electrons. The van der Waals surface area contributed by atoms with Crippen LogP contribution in [0.4, 0.5) is 4.39 Å². The van der Waals surface area contributed by atoms with Crippen LogP contribution in [0, 0.1) is 11.7 Å². The van der Waals surface area contributed by atoms with E-state index in [9.17, 15) is 14.0 Å². The lowest BCUT2D eigenvalue weighted by molar-refractivity contribution is -0.133. The Bertz CT molecular complexity index is 859. The molecule has 2 aromatic carbocycles. The smallest absolute Gasteiger partial charge is 0.252 e. The lowest BCUT2D eigenvalue weighted by atomic mass is 9.89. The van der Waals surface area contributed by atoms with Gasteiger partial charge in [-0.15, -0.1) is 0 Å². The molecule has 0 aliphatic carbocycles. The number of halogens is 1. The summed E-state index contributed by atoms with van der Waals surface area (Å²) in [6.07, 6.45) is 2.78. The molecule has 2 amide bonds. The van der Waals surface area contributed by atoms with E-state index in [1.807, 2.05) is 35.2 Å². The van der Waals surface area contributed by atoms with Crippen LogP contribution in [-0.4, -0.2) is 29.8 Å². The number of hydrogen-bond donors (Lipinski definition) is 1. The van der Waals surface area contributed by atoms with E-state index in [1.54, 1.807) is 12.1 Å². The molecule has 0 unspecified atom stereocenters. The molecule has 1 fully saturated rings. The molecule has 4 rings (SSSR count). The summed E-state index contributed by atoms with van der Waals surface area (Å²) in [7, 11) is 0. The van der Waals surface area contributed by atoms with E-state index in [-0.39, 0.29) is 23.7 Å². The highest BCUT2D eigenvalue weighted by molar-refractivity contribution is 5.99. The molecule has 0 aromatic heterocycles. The maximum Gasteiger partial charge on any atom is 0.252 e. The molecule has 2 aromatic rings. The number of nitrogens with zero attached hydrogens (tertiary/aromatic N) is 1. The summed E-state index contributed by atoms with van der Waals surface area (Å²) in [4.78, 5) is 26.6. The van der Waals surface area contributed by atoms with Gasteiger partial charge in [-0.1, -0.05) is 36.4 Å². The number of fused-ring (bicyclic) bond motifs is 1. The van der Waals surface area contributed by atoms with E-state index >= 15 is 0 Å². The first kappa shape index (κ1) is 17.7. The van der Waals surface area contributed by atoms with Gasteiger partial charge in [-0.2, -0.15) is 0 Å². The fourth-order valence-electron chi connectivity index (χ4n) is 4.15. The Kier molecular flexibility index (Phi) is 4.92. The minimum absolute atomic E-state index is 0.0707. The van der Waals surface area contributed by atoms with Crippen LogP contribution < -0.4 is 5.32 Å². The molecule has 27 heavy (non-hydrogen) atoms. The Morgan fingerprint density at radius 1 is 1.07 bits per heavy atom. The summed E-state index contributed by atoms with van der Waals surface area (Å²) < 4.78 is 13.8. The molecule has 2 aliphatic heterocycles. The predicted octanol–water partition coefficient (Wildman–Crippen LogP) is 3.48. The van der Waals surface area contributed by atoms with Crippen molar-refractivity contribution in [3.63, 3.8) is 0 Å². The molecule has 140 valence electrons. The van der Waals surface area contributed by atoms with Gasteiger partial charge >= 0.3 is 0 Å². The van der Waals surface area contributed by atoms with Crippen molar-refractivity contribution < 1.29 is 14.0 Å². The van der Waals surface area contributed by atoms with E-state index < -0.39 is 0 Å². The van der Waals surface area contributed by atoms with Gasteiger partial charge in [0.25, 0.3) is 5.91 Å². The zero-order valence-electron chi connectivity index (χ0n) is 15.2. The number of benzene rings is 2. The van der Waals surface area contributed by atoms with E-state index in [0.717, 1.165) is 30.4 Å². The Labute approximate surface area is 158 Å². The topological polar surface area (TPSA) is 49.4 Å². The van der Waals surface area contributed by atoms with Crippen LogP contribution in [0.15, 0.2) is 48.5 Å². The summed E-state index contributed by atoms with van der Waals surface area (Å²) in [5.41, 5.74) is 2.33. The van der Waals surface area contributed by atoms with Crippen LogP contribution in [0.5, 0.6) is 0 Å². The van der Waals surface area contributed by atoms with Crippen molar-refractivity contribution >= 4 is 11.8 Å². The second kappa shape index (κ2) is 7.51. The van der Waals surface area contributed by atoms with Crippen LogP contribution >= 0.6 is 0 Å². The van der Waals surface area contributed by atoms with Crippen LogP contribution in [-0.2, 0) is 11.2 Å². The van der Waals surface area contributed by atoms with Gasteiger partial charge in [0.2, 0.25) is 5.91 Å². The maximum atomic E-state index is 13.8. The zero-order valence-corrected chi connectivity index (χ0v) is 15.2. The second-order valence-corrected chi connectivity index (χ2v) is 7.44. The minimum atomic E-state index is -0.239. The highest BCUT2D eigenvalue weighted by Gasteiger charge is 2.32. The fourth-order valence-corrected chi connectivity index (χ4v) is 4.15. The number of hydrogen-bond acceptors (Lipinski definition) is 2. The van der Waals surface area contributed by atoms with E-state index in [2.05, 4.69) is 5.32 Å². The quantitative estimate of drug-likeness (QED) is 0.901. The predicted molar refractivity (Wildman–Crippen MR) is 101 cm³/mol. The Balaban J connectivity index is 1.32. The average Bonchev–Trinajstić information content (AvgIpc) is 3.00. The fraction of sp³-hybridized carbons (Fsp3) is 0.364. The molecule has 2 aliphatic rings. The standard InChI is InChI=1S/C22H23FN2O2/c23-19-8-4-1-5-16(19)13-15-9-11-25(12-10-15)21(26)14-20-17-6-2-3-7-18(17)22(27)24-20/h1-8,15,20H,9-14H2,(H,24,27)/t20-/m1/s1. The number of rotatable bonds is 4. The number of amides is 2. The third kappa shape index (κ3) is 3.72. The molecule has 4 nitrogen and oxygen atoms in total. The largest absolute Gasteiger partial charge is 0.345 e. The first-order valence-electron chi connectivity index (χ1n) is 9.53. The molecule has 1 N–H and O–H groups in total. The summed E-state index contributed by atoms with van der Waals surface area (Å²) in [5, 5.41) is 2.91. The minimum Gasteiger partial charge on any atom is -0.345 e. The van der Waals surface area contributed by atoms with Crippen molar-refractivity contribution in [3.8, 4) is 0 Å².